The Bertz CT molecular complexity index is 822. The molecule has 1 aromatic carbocycles. The van der Waals surface area contributed by atoms with Gasteiger partial charge in [0, 0.05) is 0 Å². The molecular formula is C29H48NO3+. The summed E-state index contributed by atoms with van der Waals surface area (Å²) in [5.74, 6) is 0.698. The van der Waals surface area contributed by atoms with Gasteiger partial charge in [-0.1, -0.05) is 45.4 Å². The molecule has 0 heterocycles. The van der Waals surface area contributed by atoms with Gasteiger partial charge in [-0.3, -0.25) is 4.79 Å². The average molecular weight is 459 g/mol. The van der Waals surface area contributed by atoms with Crippen molar-refractivity contribution < 1.29 is 19.1 Å². The summed E-state index contributed by atoms with van der Waals surface area (Å²) in [4.78, 5) is 13.5. The Hall–Kier alpha value is -1.39. The molecule has 0 aliphatic heterocycles. The Labute approximate surface area is 202 Å². The van der Waals surface area contributed by atoms with E-state index in [9.17, 15) is 9.90 Å². The number of likely N-dealkylation sites (N-methyl/N-ethyl adjacent to an activating group) is 1. The van der Waals surface area contributed by atoms with E-state index in [4.69, 9.17) is 4.74 Å². The van der Waals surface area contributed by atoms with Gasteiger partial charge in [0.2, 0.25) is 0 Å². The highest BCUT2D eigenvalue weighted by molar-refractivity contribution is 5.77. The van der Waals surface area contributed by atoms with Crippen LogP contribution in [0.2, 0.25) is 0 Å². The minimum atomic E-state index is -0.617. The molecular weight excluding hydrogens is 410 g/mol. The highest BCUT2D eigenvalue weighted by Gasteiger charge is 2.55. The van der Waals surface area contributed by atoms with E-state index in [0.29, 0.717) is 12.5 Å². The summed E-state index contributed by atoms with van der Waals surface area (Å²) in [5.41, 5.74) is 3.84. The number of carbonyl (C=O) groups is 1. The van der Waals surface area contributed by atoms with Crippen molar-refractivity contribution in [3.8, 4) is 0 Å². The van der Waals surface area contributed by atoms with Crippen LogP contribution in [-0.2, 0) is 21.4 Å². The van der Waals surface area contributed by atoms with Crippen LogP contribution < -0.4 is 0 Å². The van der Waals surface area contributed by atoms with Crippen LogP contribution in [0.25, 0.3) is 0 Å². The number of benzene rings is 1. The number of nitrogens with zero attached hydrogens (tertiary/aromatic N) is 1. The van der Waals surface area contributed by atoms with Crippen LogP contribution in [0.5, 0.6) is 0 Å². The van der Waals surface area contributed by atoms with E-state index >= 15 is 0 Å². The summed E-state index contributed by atoms with van der Waals surface area (Å²) in [7, 11) is 0. The molecule has 0 amide bonds. The van der Waals surface area contributed by atoms with Gasteiger partial charge in [0.1, 0.15) is 19.3 Å². The van der Waals surface area contributed by atoms with Crippen molar-refractivity contribution in [1.82, 2.24) is 0 Å². The Morgan fingerprint density at radius 1 is 1.15 bits per heavy atom. The number of hydrogen-bond donors (Lipinski definition) is 1. The van der Waals surface area contributed by atoms with Crippen molar-refractivity contribution in [3.05, 3.63) is 34.9 Å². The van der Waals surface area contributed by atoms with Crippen LogP contribution in [0.1, 0.15) is 96.8 Å². The molecule has 1 aromatic rings. The topological polar surface area (TPSA) is 46.5 Å². The van der Waals surface area contributed by atoms with Crippen LogP contribution in [-0.4, -0.2) is 54.4 Å². The van der Waals surface area contributed by atoms with Crippen LogP contribution >= 0.6 is 0 Å². The van der Waals surface area contributed by atoms with Crippen molar-refractivity contribution in [1.29, 1.82) is 0 Å². The number of ether oxygens (including phenoxy) is 1. The minimum Gasteiger partial charge on any atom is -0.462 e. The fourth-order valence-electron chi connectivity index (χ4n) is 7.01. The molecule has 4 heteroatoms. The number of hydrogen-bond acceptors (Lipinski definition) is 3. The van der Waals surface area contributed by atoms with Gasteiger partial charge in [0.15, 0.2) is 0 Å². The predicted octanol–water partition coefficient (Wildman–Crippen LogP) is 5.60. The quantitative estimate of drug-likeness (QED) is 0.387. The number of aliphatic hydroxyl groups excluding tert-OH is 1. The Balaban J connectivity index is 1.75. The van der Waals surface area contributed by atoms with Crippen molar-refractivity contribution in [2.24, 2.45) is 11.3 Å². The van der Waals surface area contributed by atoms with Crippen LogP contribution in [0, 0.1) is 11.3 Å². The molecule has 2 aliphatic rings. The zero-order valence-corrected chi connectivity index (χ0v) is 22.2. The highest BCUT2D eigenvalue weighted by Crippen LogP contribution is 2.57. The molecule has 4 nitrogen and oxygen atoms in total. The lowest BCUT2D eigenvalue weighted by molar-refractivity contribution is -0.926. The molecule has 4 atom stereocenters. The monoisotopic (exact) mass is 458 g/mol. The van der Waals surface area contributed by atoms with Crippen LogP contribution in [0.3, 0.4) is 0 Å². The number of aliphatic hydroxyl groups is 1. The first kappa shape index (κ1) is 26.2. The molecule has 186 valence electrons. The maximum absolute atomic E-state index is 13.5. The van der Waals surface area contributed by atoms with Crippen molar-refractivity contribution in [2.75, 3.05) is 32.8 Å². The van der Waals surface area contributed by atoms with Crippen molar-refractivity contribution >= 4 is 5.97 Å². The molecule has 33 heavy (non-hydrogen) atoms. The molecule has 1 fully saturated rings. The SMILES string of the molecule is CC[N+](CC)(CC)CC(O)COC(=O)[C@]1(C)CCC[C@]2(C)c3ccc(C(C)C)cc3CC[C@@H]12. The van der Waals surface area contributed by atoms with E-state index in [1.54, 1.807) is 0 Å². The number of carbonyl (C=O) groups excluding carboxylic acids is 1. The Morgan fingerprint density at radius 2 is 1.82 bits per heavy atom. The smallest absolute Gasteiger partial charge is 0.312 e. The fourth-order valence-corrected chi connectivity index (χ4v) is 7.01. The molecule has 1 N–H and O–H groups in total. The largest absolute Gasteiger partial charge is 0.462 e. The summed E-state index contributed by atoms with van der Waals surface area (Å²) >= 11 is 0. The third-order valence-electron chi connectivity index (χ3n) is 9.53. The van der Waals surface area contributed by atoms with Gasteiger partial charge in [-0.15, -0.1) is 0 Å². The first-order chi connectivity index (χ1) is 15.5. The van der Waals surface area contributed by atoms with E-state index < -0.39 is 11.5 Å². The number of fused-ring (bicyclic) bond motifs is 3. The second-order valence-electron chi connectivity index (χ2n) is 11.6. The van der Waals surface area contributed by atoms with E-state index in [1.807, 2.05) is 0 Å². The summed E-state index contributed by atoms with van der Waals surface area (Å²) in [5, 5.41) is 10.7. The van der Waals surface area contributed by atoms with E-state index in [1.165, 1.54) is 16.7 Å². The average Bonchev–Trinajstić information content (AvgIpc) is 2.80. The summed E-state index contributed by atoms with van der Waals surface area (Å²) < 4.78 is 6.71. The Kier molecular flexibility index (Phi) is 8.01. The van der Waals surface area contributed by atoms with Crippen LogP contribution in [0.15, 0.2) is 18.2 Å². The van der Waals surface area contributed by atoms with Crippen molar-refractivity contribution in [2.45, 2.75) is 98.0 Å². The molecule has 0 saturated heterocycles. The maximum atomic E-state index is 13.5. The lowest BCUT2D eigenvalue weighted by Gasteiger charge is -2.54. The first-order valence-corrected chi connectivity index (χ1v) is 13.4. The summed E-state index contributed by atoms with van der Waals surface area (Å²) in [6, 6.07) is 7.04. The molecule has 0 aromatic heterocycles. The van der Waals surface area contributed by atoms with Gasteiger partial charge < -0.3 is 14.3 Å². The standard InChI is InChI=1S/C29H48NO3/c1-8-30(9-2,10-3)19-24(31)20-33-27(32)29(7)17-11-16-28(6)25-14-12-22(21(4)5)18-23(25)13-15-26(28)29/h12,14,18,21,24,26,31H,8-11,13,15-17,19-20H2,1-7H3/q+1/t24?,26-,28-,29-/m1/s1. The predicted molar refractivity (Wildman–Crippen MR) is 135 cm³/mol. The molecule has 3 rings (SSSR count). The number of rotatable bonds is 9. The van der Waals surface area contributed by atoms with E-state index in [2.05, 4.69) is 66.7 Å². The first-order valence-electron chi connectivity index (χ1n) is 13.4. The minimum absolute atomic E-state index is 0.00635. The third kappa shape index (κ3) is 4.89. The molecule has 1 unspecified atom stereocenters. The lowest BCUT2D eigenvalue weighted by Crippen LogP contribution is -2.54. The number of quaternary nitrogens is 1. The number of esters is 1. The maximum Gasteiger partial charge on any atom is 0.312 e. The molecule has 1 saturated carbocycles. The van der Waals surface area contributed by atoms with E-state index in [-0.39, 0.29) is 23.9 Å². The van der Waals surface area contributed by atoms with Crippen molar-refractivity contribution in [3.63, 3.8) is 0 Å². The zero-order valence-electron chi connectivity index (χ0n) is 22.2. The molecule has 0 spiro atoms. The van der Waals surface area contributed by atoms with Gasteiger partial charge in [-0.25, -0.2) is 0 Å². The van der Waals surface area contributed by atoms with Gasteiger partial charge >= 0.3 is 5.97 Å². The summed E-state index contributed by atoms with van der Waals surface area (Å²) in [6.07, 6.45) is 4.48. The second-order valence-corrected chi connectivity index (χ2v) is 11.6. The zero-order chi connectivity index (χ0) is 24.4. The highest BCUT2D eigenvalue weighted by atomic mass is 16.5. The summed E-state index contributed by atoms with van der Waals surface area (Å²) in [6.45, 7) is 19.2. The third-order valence-corrected chi connectivity index (χ3v) is 9.53. The van der Waals surface area contributed by atoms with Gasteiger partial charge in [-0.05, 0) is 87.3 Å². The van der Waals surface area contributed by atoms with Gasteiger partial charge in [-0.2, -0.15) is 0 Å². The van der Waals surface area contributed by atoms with Gasteiger partial charge in [0.25, 0.3) is 0 Å². The van der Waals surface area contributed by atoms with Crippen LogP contribution in [0.4, 0.5) is 0 Å². The van der Waals surface area contributed by atoms with E-state index in [0.717, 1.165) is 56.2 Å². The molecule has 2 aliphatic carbocycles. The Morgan fingerprint density at radius 3 is 2.42 bits per heavy atom. The van der Waals surface area contributed by atoms with Gasteiger partial charge in [0.05, 0.1) is 25.0 Å². The molecule has 0 radical (unpaired) electrons. The normalized spacial score (nSPS) is 28.2. The lowest BCUT2D eigenvalue weighted by atomic mass is 9.49. The fraction of sp³-hybridized carbons (Fsp3) is 0.759. The molecule has 0 bridgehead atoms. The second kappa shape index (κ2) is 10.1. The number of aryl methyl sites for hydroxylation is 1.